The van der Waals surface area contributed by atoms with Crippen molar-refractivity contribution in [1.82, 2.24) is 29.9 Å². The van der Waals surface area contributed by atoms with E-state index < -0.39 is 35.9 Å². The van der Waals surface area contributed by atoms with Crippen LogP contribution in [0.1, 0.15) is 25.5 Å². The number of hydrogen-bond donors (Lipinski definition) is 2. The topological polar surface area (TPSA) is 138 Å². The number of aromatic nitrogens is 4. The molecule has 0 bridgehead atoms. The summed E-state index contributed by atoms with van der Waals surface area (Å²) in [6.45, 7) is 1.37. The second kappa shape index (κ2) is 9.14. The number of nitrogens with one attached hydrogen (secondary N) is 1. The van der Waals surface area contributed by atoms with Crippen molar-refractivity contribution >= 4 is 17.8 Å². The van der Waals surface area contributed by atoms with Gasteiger partial charge in [-0.2, -0.15) is 0 Å². The number of anilines is 1. The Morgan fingerprint density at radius 3 is 2.54 bits per heavy atom. The van der Waals surface area contributed by atoms with Crippen LogP contribution in [-0.4, -0.2) is 85.5 Å². The maximum atomic E-state index is 13.5. The molecule has 5 heterocycles. The number of nitrogens with zero attached hydrogens (tertiary/aromatic N) is 6. The molecule has 194 valence electrons. The molecule has 2 aliphatic heterocycles. The molecule has 5 rings (SSSR count). The third kappa shape index (κ3) is 4.73. The molecule has 37 heavy (non-hydrogen) atoms. The summed E-state index contributed by atoms with van der Waals surface area (Å²) in [4.78, 5) is 40.6. The van der Waals surface area contributed by atoms with Crippen LogP contribution >= 0.6 is 0 Å². The molecule has 0 saturated carbocycles. The molecule has 2 N–H and O–H groups in total. The Balaban J connectivity index is 1.32. The van der Waals surface area contributed by atoms with Crippen molar-refractivity contribution in [3.63, 3.8) is 0 Å². The number of hydrogen-bond acceptors (Lipinski definition) is 9. The molecule has 0 spiro atoms. The molecule has 2 saturated heterocycles. The quantitative estimate of drug-likeness (QED) is 0.506. The van der Waals surface area contributed by atoms with Crippen LogP contribution in [0.25, 0.3) is 22.8 Å². The molecule has 0 aliphatic carbocycles. The number of amides is 2. The minimum atomic E-state index is -2.87. The lowest BCUT2D eigenvalue weighted by Crippen LogP contribution is -2.41. The van der Waals surface area contributed by atoms with E-state index in [1.807, 2.05) is 0 Å². The second-order valence-electron chi connectivity index (χ2n) is 9.32. The Labute approximate surface area is 210 Å². The molecule has 2 fully saturated rings. The highest BCUT2D eigenvalue weighted by atomic mass is 19.3. The van der Waals surface area contributed by atoms with Crippen molar-refractivity contribution in [2.75, 3.05) is 32.0 Å². The molecule has 2 aliphatic rings. The van der Waals surface area contributed by atoms with Crippen LogP contribution in [-0.2, 0) is 15.2 Å². The van der Waals surface area contributed by atoms with Gasteiger partial charge < -0.3 is 24.7 Å². The molecular formula is C24H25F2N7O4. The number of pyridine rings is 1. The number of carbonyl (C=O) groups is 2. The van der Waals surface area contributed by atoms with Crippen molar-refractivity contribution in [3.8, 4) is 22.8 Å². The summed E-state index contributed by atoms with van der Waals surface area (Å²) in [6, 6.07) is 7.48. The van der Waals surface area contributed by atoms with E-state index in [-0.39, 0.29) is 31.1 Å². The van der Waals surface area contributed by atoms with Gasteiger partial charge in [-0.25, -0.2) is 23.7 Å². The molecule has 3 aromatic heterocycles. The van der Waals surface area contributed by atoms with Gasteiger partial charge in [0.25, 0.3) is 11.8 Å². The van der Waals surface area contributed by atoms with Crippen LogP contribution in [0.2, 0.25) is 0 Å². The van der Waals surface area contributed by atoms with Crippen molar-refractivity contribution < 1.29 is 28.0 Å². The summed E-state index contributed by atoms with van der Waals surface area (Å²) in [5.41, 5.74) is -0.0740. The van der Waals surface area contributed by atoms with Crippen LogP contribution in [0, 0.1) is 0 Å². The fourth-order valence-electron chi connectivity index (χ4n) is 4.42. The smallest absolute Gasteiger partial charge is 0.267 e. The summed E-state index contributed by atoms with van der Waals surface area (Å²) in [5.74, 6) is -3.59. The van der Waals surface area contributed by atoms with Crippen molar-refractivity contribution in [1.29, 1.82) is 0 Å². The van der Waals surface area contributed by atoms with E-state index >= 15 is 0 Å². The van der Waals surface area contributed by atoms with Gasteiger partial charge in [0.05, 0.1) is 23.6 Å². The van der Waals surface area contributed by atoms with E-state index in [0.29, 0.717) is 29.3 Å². The Morgan fingerprint density at radius 2 is 1.86 bits per heavy atom. The number of rotatable bonds is 6. The summed E-state index contributed by atoms with van der Waals surface area (Å²) < 4.78 is 32.3. The van der Waals surface area contributed by atoms with Crippen LogP contribution in [0.3, 0.4) is 0 Å². The number of halogens is 2. The molecular weight excluding hydrogens is 488 g/mol. The minimum absolute atomic E-state index is 0.00147. The zero-order chi connectivity index (χ0) is 26.4. The van der Waals surface area contributed by atoms with Crippen LogP contribution < -0.4 is 5.32 Å². The van der Waals surface area contributed by atoms with Gasteiger partial charge in [-0.05, 0) is 25.1 Å². The van der Waals surface area contributed by atoms with E-state index in [1.54, 1.807) is 38.2 Å². The first-order valence-electron chi connectivity index (χ1n) is 11.7. The van der Waals surface area contributed by atoms with E-state index in [9.17, 15) is 23.5 Å². The van der Waals surface area contributed by atoms with E-state index in [1.165, 1.54) is 17.2 Å². The number of aliphatic hydroxyl groups is 1. The Morgan fingerprint density at radius 1 is 1.14 bits per heavy atom. The zero-order valence-electron chi connectivity index (χ0n) is 20.2. The largest absolute Gasteiger partial charge is 0.373 e. The molecule has 3 aromatic rings. The third-order valence-corrected chi connectivity index (χ3v) is 6.55. The molecule has 2 amide bonds. The summed E-state index contributed by atoms with van der Waals surface area (Å²) in [6.07, 6.45) is 1.34. The average Bonchev–Trinajstić information content (AvgIpc) is 3.59. The van der Waals surface area contributed by atoms with E-state index in [4.69, 9.17) is 4.52 Å². The Bertz CT molecular complexity index is 1350. The molecule has 11 nitrogen and oxygen atoms in total. The maximum absolute atomic E-state index is 13.5. The lowest BCUT2D eigenvalue weighted by atomic mass is 9.98. The number of carbonyl (C=O) groups excluding carboxylic acids is 2. The van der Waals surface area contributed by atoms with Crippen molar-refractivity contribution in [2.45, 2.75) is 37.3 Å². The lowest BCUT2D eigenvalue weighted by molar-refractivity contribution is -0.144. The fourth-order valence-corrected chi connectivity index (χ4v) is 4.42. The van der Waals surface area contributed by atoms with Gasteiger partial charge in [-0.3, -0.25) is 9.59 Å². The predicted molar refractivity (Wildman–Crippen MR) is 126 cm³/mol. The van der Waals surface area contributed by atoms with Gasteiger partial charge in [0, 0.05) is 45.2 Å². The summed E-state index contributed by atoms with van der Waals surface area (Å²) in [7, 11) is 1.61. The number of likely N-dealkylation sites (N-methyl/N-ethyl adjacent to an activating group) is 1. The first-order valence-corrected chi connectivity index (χ1v) is 11.7. The van der Waals surface area contributed by atoms with Crippen molar-refractivity contribution in [2.24, 2.45) is 0 Å². The molecule has 2 atom stereocenters. The standard InChI is InChI=1S/C24H25F2N7O4/c1-14(20(34)33-11-7-23(25,26)13-33)28-22-27-9-6-17(30-22)15-4-3-5-16(29-15)18-12-19(37-31-18)24(36)8-10-32(2)21(24)35/h3-6,9,12,14,36H,7-8,10-11,13H2,1-2H3,(H,27,28,30). The third-order valence-electron chi connectivity index (χ3n) is 6.55. The van der Waals surface area contributed by atoms with E-state index in [2.05, 4.69) is 25.4 Å². The number of likely N-dealkylation sites (tertiary alicyclic amines) is 2. The van der Waals surface area contributed by atoms with Gasteiger partial charge in [-0.15, -0.1) is 0 Å². The van der Waals surface area contributed by atoms with Gasteiger partial charge in [0.15, 0.2) is 5.76 Å². The predicted octanol–water partition coefficient (Wildman–Crippen LogP) is 1.91. The van der Waals surface area contributed by atoms with Gasteiger partial charge in [-0.1, -0.05) is 11.2 Å². The first kappa shape index (κ1) is 24.7. The summed E-state index contributed by atoms with van der Waals surface area (Å²) >= 11 is 0. The minimum Gasteiger partial charge on any atom is -0.373 e. The zero-order valence-corrected chi connectivity index (χ0v) is 20.2. The number of alkyl halides is 2. The molecule has 0 radical (unpaired) electrons. The second-order valence-corrected chi connectivity index (χ2v) is 9.32. The average molecular weight is 514 g/mol. The molecule has 13 heteroatoms. The van der Waals surface area contributed by atoms with Gasteiger partial charge >= 0.3 is 0 Å². The molecule has 2 unspecified atom stereocenters. The van der Waals surface area contributed by atoms with Crippen LogP contribution in [0.4, 0.5) is 14.7 Å². The van der Waals surface area contributed by atoms with E-state index in [0.717, 1.165) is 4.90 Å². The fraction of sp³-hybridized carbons (Fsp3) is 0.417. The monoisotopic (exact) mass is 513 g/mol. The molecule has 0 aromatic carbocycles. The van der Waals surface area contributed by atoms with Gasteiger partial charge in [0.2, 0.25) is 17.5 Å². The van der Waals surface area contributed by atoms with Crippen LogP contribution in [0.15, 0.2) is 41.1 Å². The maximum Gasteiger partial charge on any atom is 0.267 e. The normalized spacial score (nSPS) is 21.9. The Hall–Kier alpha value is -4.00. The van der Waals surface area contributed by atoms with Crippen LogP contribution in [0.5, 0.6) is 0 Å². The highest BCUT2D eigenvalue weighted by molar-refractivity contribution is 5.87. The van der Waals surface area contributed by atoms with Gasteiger partial charge in [0.1, 0.15) is 11.7 Å². The summed E-state index contributed by atoms with van der Waals surface area (Å²) in [5, 5.41) is 17.7. The highest BCUT2D eigenvalue weighted by Gasteiger charge is 2.48. The SMILES string of the molecule is CC(Nc1nccc(-c2cccc(-c3cc(C4(O)CCN(C)C4=O)on3)n2)n1)C(=O)N1CCC(F)(F)C1. The highest BCUT2D eigenvalue weighted by Crippen LogP contribution is 2.34. The lowest BCUT2D eigenvalue weighted by Gasteiger charge is -2.21. The first-order chi connectivity index (χ1) is 17.6. The Kier molecular flexibility index (Phi) is 6.10. The van der Waals surface area contributed by atoms with Crippen molar-refractivity contribution in [3.05, 3.63) is 42.3 Å².